The van der Waals surface area contributed by atoms with Gasteiger partial charge in [-0.2, -0.15) is 8.78 Å². The fourth-order valence-electron chi connectivity index (χ4n) is 3.84. The summed E-state index contributed by atoms with van der Waals surface area (Å²) in [6, 6.07) is 18.0. The molecule has 0 fully saturated rings. The number of nitrogens with zero attached hydrogens (tertiary/aromatic N) is 3. The van der Waals surface area contributed by atoms with Gasteiger partial charge in [0.1, 0.15) is 5.82 Å². The van der Waals surface area contributed by atoms with E-state index in [0.717, 1.165) is 4.57 Å². The third-order valence-electron chi connectivity index (χ3n) is 5.41. The predicted molar refractivity (Wildman–Crippen MR) is 125 cm³/mol. The van der Waals surface area contributed by atoms with Crippen LogP contribution in [-0.2, 0) is 11.3 Å². The first-order valence-corrected chi connectivity index (χ1v) is 10.7. The van der Waals surface area contributed by atoms with E-state index >= 15 is 0 Å². The van der Waals surface area contributed by atoms with Crippen LogP contribution in [0.2, 0.25) is 5.02 Å². The number of imidazole rings is 1. The molecule has 0 unspecified atom stereocenters. The summed E-state index contributed by atoms with van der Waals surface area (Å²) in [5, 5.41) is 3.19. The molecular formula is C24H17ClF2N4O3. The highest BCUT2D eigenvalue weighted by atomic mass is 35.5. The lowest BCUT2D eigenvalue weighted by atomic mass is 10.2. The van der Waals surface area contributed by atoms with Crippen LogP contribution in [0.25, 0.3) is 33.5 Å². The minimum Gasteiger partial charge on any atom is -0.408 e. The minimum atomic E-state index is -2.75. The van der Waals surface area contributed by atoms with Crippen LogP contribution in [-0.4, -0.2) is 20.0 Å². The van der Waals surface area contributed by atoms with Gasteiger partial charge in [0, 0.05) is 35.3 Å². The minimum absolute atomic E-state index is 0.0279. The van der Waals surface area contributed by atoms with E-state index in [1.165, 1.54) is 4.57 Å². The Kier molecular flexibility index (Phi) is 5.62. The summed E-state index contributed by atoms with van der Waals surface area (Å²) in [5.41, 5.74) is 2.69. The second kappa shape index (κ2) is 8.75. The lowest BCUT2D eigenvalue weighted by Gasteiger charge is -2.09. The third kappa shape index (κ3) is 4.06. The van der Waals surface area contributed by atoms with Crippen molar-refractivity contribution in [1.29, 1.82) is 0 Å². The van der Waals surface area contributed by atoms with Gasteiger partial charge in [-0.15, -0.1) is 0 Å². The summed E-state index contributed by atoms with van der Waals surface area (Å²) < 4.78 is 34.8. The number of fused-ring (bicyclic) bond motifs is 2. The molecule has 10 heteroatoms. The zero-order valence-electron chi connectivity index (χ0n) is 17.5. The Hall–Kier alpha value is -3.98. The van der Waals surface area contributed by atoms with Gasteiger partial charge in [0.2, 0.25) is 5.91 Å². The van der Waals surface area contributed by atoms with E-state index in [4.69, 9.17) is 16.0 Å². The highest BCUT2D eigenvalue weighted by Gasteiger charge is 2.19. The Morgan fingerprint density at radius 1 is 1.06 bits per heavy atom. The molecule has 0 saturated carbocycles. The Labute approximate surface area is 196 Å². The first kappa shape index (κ1) is 21.8. The normalized spacial score (nSPS) is 11.5. The second-order valence-corrected chi connectivity index (χ2v) is 8.02. The van der Waals surface area contributed by atoms with Gasteiger partial charge in [0.05, 0.1) is 16.6 Å². The Balaban J connectivity index is 1.30. The van der Waals surface area contributed by atoms with E-state index in [0.29, 0.717) is 38.4 Å². The van der Waals surface area contributed by atoms with E-state index in [9.17, 15) is 18.4 Å². The first-order chi connectivity index (χ1) is 16.4. The van der Waals surface area contributed by atoms with Crippen LogP contribution >= 0.6 is 11.6 Å². The molecule has 3 aromatic carbocycles. The fraction of sp³-hybridized carbons (Fsp3) is 0.125. The van der Waals surface area contributed by atoms with Crippen LogP contribution in [0.5, 0.6) is 0 Å². The number of aromatic nitrogens is 3. The highest BCUT2D eigenvalue weighted by Crippen LogP contribution is 2.30. The van der Waals surface area contributed by atoms with Crippen molar-refractivity contribution in [3.8, 4) is 11.4 Å². The molecule has 0 aliphatic carbocycles. The average molecular weight is 483 g/mol. The molecule has 0 saturated heterocycles. The maximum Gasteiger partial charge on any atom is 0.419 e. The second-order valence-electron chi connectivity index (χ2n) is 7.58. The smallest absolute Gasteiger partial charge is 0.408 e. The predicted octanol–water partition coefficient (Wildman–Crippen LogP) is 5.69. The molecule has 0 spiro atoms. The first-order valence-electron chi connectivity index (χ1n) is 10.3. The van der Waals surface area contributed by atoms with Crippen molar-refractivity contribution in [1.82, 2.24) is 14.1 Å². The molecule has 1 amide bonds. The maximum absolute atomic E-state index is 13.7. The number of para-hydroxylation sites is 2. The number of rotatable bonds is 6. The van der Waals surface area contributed by atoms with E-state index in [1.54, 1.807) is 66.7 Å². The lowest BCUT2D eigenvalue weighted by molar-refractivity contribution is -0.116. The van der Waals surface area contributed by atoms with Gasteiger partial charge in [-0.25, -0.2) is 9.78 Å². The summed E-state index contributed by atoms with van der Waals surface area (Å²) in [4.78, 5) is 28.9. The molecule has 0 radical (unpaired) electrons. The van der Waals surface area contributed by atoms with Crippen LogP contribution in [0.4, 0.5) is 14.5 Å². The number of aryl methyl sites for hydroxylation is 1. The quantitative estimate of drug-likeness (QED) is 0.337. The van der Waals surface area contributed by atoms with Crippen LogP contribution < -0.4 is 11.1 Å². The van der Waals surface area contributed by atoms with Gasteiger partial charge in [0.25, 0.3) is 0 Å². The van der Waals surface area contributed by atoms with Gasteiger partial charge in [-0.05, 0) is 48.5 Å². The maximum atomic E-state index is 13.7. The largest absolute Gasteiger partial charge is 0.419 e. The van der Waals surface area contributed by atoms with Crippen molar-refractivity contribution >= 4 is 45.3 Å². The number of hydrogen-bond acceptors (Lipinski definition) is 4. The fourth-order valence-corrected chi connectivity index (χ4v) is 4.00. The van der Waals surface area contributed by atoms with Gasteiger partial charge < -0.3 is 9.73 Å². The molecule has 7 nitrogen and oxygen atoms in total. The number of oxazole rings is 1. The van der Waals surface area contributed by atoms with Crippen molar-refractivity contribution in [3.63, 3.8) is 0 Å². The number of anilines is 1. The molecule has 34 heavy (non-hydrogen) atoms. The number of carbonyl (C=O) groups is 1. The summed E-state index contributed by atoms with van der Waals surface area (Å²) in [6.07, 6.45) is 0.0279. The van der Waals surface area contributed by atoms with Gasteiger partial charge in [-0.1, -0.05) is 23.7 Å². The van der Waals surface area contributed by atoms with Crippen LogP contribution in [0.15, 0.2) is 75.9 Å². The lowest BCUT2D eigenvalue weighted by Crippen LogP contribution is -2.19. The summed E-state index contributed by atoms with van der Waals surface area (Å²) in [6.45, 7) is -2.63. The summed E-state index contributed by atoms with van der Waals surface area (Å²) >= 11 is 5.92. The number of amides is 1. The molecule has 2 heterocycles. The average Bonchev–Trinajstić information content (AvgIpc) is 3.35. The van der Waals surface area contributed by atoms with E-state index in [1.807, 2.05) is 0 Å². The molecular weight excluding hydrogens is 466 g/mol. The monoisotopic (exact) mass is 482 g/mol. The molecule has 0 aliphatic heterocycles. The molecule has 0 atom stereocenters. The van der Waals surface area contributed by atoms with Gasteiger partial charge in [-0.3, -0.25) is 13.9 Å². The van der Waals surface area contributed by atoms with Gasteiger partial charge >= 0.3 is 12.3 Å². The zero-order chi connectivity index (χ0) is 23.8. The Morgan fingerprint density at radius 3 is 2.59 bits per heavy atom. The van der Waals surface area contributed by atoms with Gasteiger partial charge in [0.15, 0.2) is 5.58 Å². The van der Waals surface area contributed by atoms with Crippen molar-refractivity contribution in [2.24, 2.45) is 0 Å². The molecule has 5 rings (SSSR count). The number of nitrogens with one attached hydrogen (secondary N) is 1. The van der Waals surface area contributed by atoms with E-state index in [-0.39, 0.29) is 24.7 Å². The van der Waals surface area contributed by atoms with E-state index < -0.39 is 12.3 Å². The number of hydrogen-bond donors (Lipinski definition) is 1. The van der Waals surface area contributed by atoms with Crippen molar-refractivity contribution in [3.05, 3.63) is 82.3 Å². The Bertz CT molecular complexity index is 1570. The molecule has 5 aromatic rings. The van der Waals surface area contributed by atoms with Crippen molar-refractivity contribution in [2.75, 3.05) is 5.32 Å². The Morgan fingerprint density at radius 2 is 1.82 bits per heavy atom. The standard InChI is InChI=1S/C24H17ClF2N4O3/c25-15-7-10-19-20(13-15)34-24(33)30(19)12-11-21(32)28-16-8-5-14(6-9-16)22-29-17-3-1-2-4-18(17)31(22)23(26)27/h1-10,13,23H,11-12H2,(H,28,32). The van der Waals surface area contributed by atoms with E-state index in [2.05, 4.69) is 10.3 Å². The highest BCUT2D eigenvalue weighted by molar-refractivity contribution is 6.31. The SMILES string of the molecule is O=C(CCn1c(=O)oc2cc(Cl)ccc21)Nc1ccc(-c2nc3ccccc3n2C(F)F)cc1. The summed E-state index contributed by atoms with van der Waals surface area (Å²) in [5.74, 6) is -0.750. The third-order valence-corrected chi connectivity index (χ3v) is 5.65. The number of alkyl halides is 2. The van der Waals surface area contributed by atoms with Crippen LogP contribution in [0.3, 0.4) is 0 Å². The summed E-state index contributed by atoms with van der Waals surface area (Å²) in [7, 11) is 0. The number of benzene rings is 3. The molecule has 0 aliphatic rings. The number of carbonyl (C=O) groups excluding carboxylic acids is 1. The topological polar surface area (TPSA) is 82.1 Å². The molecule has 1 N–H and O–H groups in total. The van der Waals surface area contributed by atoms with Crippen LogP contribution in [0.1, 0.15) is 13.0 Å². The molecule has 0 bridgehead atoms. The molecule has 2 aromatic heterocycles. The van der Waals surface area contributed by atoms with Crippen molar-refractivity contribution in [2.45, 2.75) is 19.5 Å². The zero-order valence-corrected chi connectivity index (χ0v) is 18.3. The number of halogens is 3. The van der Waals surface area contributed by atoms with Crippen LogP contribution in [0, 0.1) is 0 Å². The van der Waals surface area contributed by atoms with Crippen molar-refractivity contribution < 1.29 is 18.0 Å². The molecule has 172 valence electrons.